The van der Waals surface area contributed by atoms with Crippen molar-refractivity contribution in [2.24, 2.45) is 0 Å². The summed E-state index contributed by atoms with van der Waals surface area (Å²) in [4.78, 5) is 14.1. The van der Waals surface area contributed by atoms with Crippen LogP contribution in [0.4, 0.5) is 0 Å². The smallest absolute Gasteiger partial charge is 0.339 e. The van der Waals surface area contributed by atoms with E-state index < -0.39 is 12.1 Å². The highest BCUT2D eigenvalue weighted by molar-refractivity contribution is 5.88. The second-order valence-corrected chi connectivity index (χ2v) is 3.22. The summed E-state index contributed by atoms with van der Waals surface area (Å²) in [5.41, 5.74) is 1.42. The molecule has 1 atom stereocenters. The van der Waals surface area contributed by atoms with Crippen molar-refractivity contribution in [3.63, 3.8) is 0 Å². The van der Waals surface area contributed by atoms with Gasteiger partial charge in [0.25, 0.3) is 0 Å². The molecule has 4 heteroatoms. The minimum atomic E-state index is -1.23. The third-order valence-corrected chi connectivity index (χ3v) is 2.34. The van der Waals surface area contributed by atoms with E-state index in [2.05, 4.69) is 9.72 Å². The number of para-hydroxylation sites is 1. The first-order valence-electron chi connectivity index (χ1n) is 4.56. The Kier molecular flexibility index (Phi) is 2.43. The van der Waals surface area contributed by atoms with Crippen molar-refractivity contribution in [1.29, 1.82) is 0 Å². The van der Waals surface area contributed by atoms with E-state index in [4.69, 9.17) is 0 Å². The number of aliphatic hydroxyl groups excluding tert-OH is 1. The molecule has 0 spiro atoms. The summed E-state index contributed by atoms with van der Waals surface area (Å²) in [5.74, 6) is -0.653. The van der Waals surface area contributed by atoms with Crippen LogP contribution in [0.3, 0.4) is 0 Å². The topological polar surface area (TPSA) is 62.3 Å². The van der Waals surface area contributed by atoms with Gasteiger partial charge in [-0.2, -0.15) is 0 Å². The molecule has 1 unspecified atom stereocenters. The number of hydrogen-bond acceptors (Lipinski definition) is 3. The number of rotatable bonds is 2. The van der Waals surface area contributed by atoms with Crippen molar-refractivity contribution in [2.45, 2.75) is 6.10 Å². The van der Waals surface area contributed by atoms with Crippen molar-refractivity contribution in [3.05, 3.63) is 36.0 Å². The fraction of sp³-hybridized carbons (Fsp3) is 0.182. The highest BCUT2D eigenvalue weighted by Crippen LogP contribution is 2.24. The zero-order valence-corrected chi connectivity index (χ0v) is 8.23. The summed E-state index contributed by atoms with van der Waals surface area (Å²) in [5, 5.41) is 10.5. The highest BCUT2D eigenvalue weighted by Gasteiger charge is 2.20. The molecule has 0 fully saturated rings. The standard InChI is InChI=1S/C11H11NO3/c1-15-11(14)10(13)8-6-12-9-5-3-2-4-7(8)9/h2-6,10,12-13H,1H3. The van der Waals surface area contributed by atoms with Gasteiger partial charge >= 0.3 is 5.97 Å². The van der Waals surface area contributed by atoms with Crippen molar-refractivity contribution < 1.29 is 14.6 Å². The monoisotopic (exact) mass is 205 g/mol. The highest BCUT2D eigenvalue weighted by atomic mass is 16.5. The Balaban J connectivity index is 2.48. The first kappa shape index (κ1) is 9.73. The normalized spacial score (nSPS) is 12.7. The molecule has 15 heavy (non-hydrogen) atoms. The number of esters is 1. The molecule has 0 radical (unpaired) electrons. The van der Waals surface area contributed by atoms with Crippen LogP contribution in [-0.2, 0) is 9.53 Å². The molecule has 0 amide bonds. The number of fused-ring (bicyclic) bond motifs is 1. The molecular weight excluding hydrogens is 194 g/mol. The van der Waals surface area contributed by atoms with Gasteiger partial charge in [-0.15, -0.1) is 0 Å². The molecular formula is C11H11NO3. The fourth-order valence-corrected chi connectivity index (χ4v) is 1.56. The number of aromatic nitrogens is 1. The molecule has 2 rings (SSSR count). The summed E-state index contributed by atoms with van der Waals surface area (Å²) in [6, 6.07) is 7.45. The van der Waals surface area contributed by atoms with Gasteiger partial charge in [0.15, 0.2) is 6.10 Å². The Morgan fingerprint density at radius 3 is 2.93 bits per heavy atom. The molecule has 0 bridgehead atoms. The number of carbonyl (C=O) groups is 1. The number of benzene rings is 1. The minimum absolute atomic E-state index is 0.539. The van der Waals surface area contributed by atoms with E-state index in [1.165, 1.54) is 7.11 Å². The first-order valence-corrected chi connectivity index (χ1v) is 4.56. The number of carbonyl (C=O) groups excluding carboxylic acids is 1. The summed E-state index contributed by atoms with van der Waals surface area (Å²) >= 11 is 0. The zero-order valence-electron chi connectivity index (χ0n) is 8.23. The predicted molar refractivity (Wildman–Crippen MR) is 55.3 cm³/mol. The Morgan fingerprint density at radius 2 is 2.20 bits per heavy atom. The molecule has 78 valence electrons. The lowest BCUT2D eigenvalue weighted by molar-refractivity contribution is -0.150. The molecule has 1 aromatic heterocycles. The molecule has 0 saturated heterocycles. The van der Waals surface area contributed by atoms with E-state index in [0.29, 0.717) is 5.56 Å². The average molecular weight is 205 g/mol. The van der Waals surface area contributed by atoms with Crippen LogP contribution in [0.1, 0.15) is 11.7 Å². The van der Waals surface area contributed by atoms with E-state index in [0.717, 1.165) is 10.9 Å². The van der Waals surface area contributed by atoms with Crippen LogP contribution in [0.15, 0.2) is 30.5 Å². The van der Waals surface area contributed by atoms with Crippen molar-refractivity contribution in [1.82, 2.24) is 4.98 Å². The van der Waals surface area contributed by atoms with E-state index >= 15 is 0 Å². The van der Waals surface area contributed by atoms with E-state index in [1.54, 1.807) is 6.20 Å². The van der Waals surface area contributed by atoms with Crippen LogP contribution in [0.5, 0.6) is 0 Å². The third kappa shape index (κ3) is 1.59. The molecule has 0 aliphatic carbocycles. The molecule has 1 heterocycles. The fourth-order valence-electron chi connectivity index (χ4n) is 1.56. The minimum Gasteiger partial charge on any atom is -0.467 e. The summed E-state index contributed by atoms with van der Waals surface area (Å²) in [6.07, 6.45) is 0.387. The maximum absolute atomic E-state index is 11.2. The van der Waals surface area contributed by atoms with Crippen LogP contribution in [0.2, 0.25) is 0 Å². The number of methoxy groups -OCH3 is 1. The second-order valence-electron chi connectivity index (χ2n) is 3.22. The zero-order chi connectivity index (χ0) is 10.8. The quantitative estimate of drug-likeness (QED) is 0.728. The van der Waals surface area contributed by atoms with Gasteiger partial charge in [-0.1, -0.05) is 18.2 Å². The van der Waals surface area contributed by atoms with Crippen molar-refractivity contribution >= 4 is 16.9 Å². The summed E-state index contributed by atoms with van der Waals surface area (Å²) in [7, 11) is 1.25. The Morgan fingerprint density at radius 1 is 1.47 bits per heavy atom. The predicted octanol–water partition coefficient (Wildman–Crippen LogP) is 1.37. The molecule has 4 nitrogen and oxygen atoms in total. The summed E-state index contributed by atoms with van der Waals surface area (Å²) in [6.45, 7) is 0. The first-order chi connectivity index (χ1) is 7.24. The van der Waals surface area contributed by atoms with Gasteiger partial charge in [-0.25, -0.2) is 4.79 Å². The average Bonchev–Trinajstić information content (AvgIpc) is 2.70. The van der Waals surface area contributed by atoms with Gasteiger partial charge in [0, 0.05) is 22.7 Å². The molecule has 0 aliphatic rings. The van der Waals surface area contributed by atoms with E-state index in [9.17, 15) is 9.90 Å². The maximum atomic E-state index is 11.2. The van der Waals surface area contributed by atoms with Crippen LogP contribution >= 0.6 is 0 Å². The number of ether oxygens (including phenoxy) is 1. The van der Waals surface area contributed by atoms with Crippen LogP contribution in [-0.4, -0.2) is 23.2 Å². The lowest BCUT2D eigenvalue weighted by Crippen LogP contribution is -2.12. The van der Waals surface area contributed by atoms with Crippen LogP contribution < -0.4 is 0 Å². The van der Waals surface area contributed by atoms with E-state index in [1.807, 2.05) is 24.3 Å². The van der Waals surface area contributed by atoms with Gasteiger partial charge in [0.05, 0.1) is 7.11 Å². The van der Waals surface area contributed by atoms with Crippen LogP contribution in [0, 0.1) is 0 Å². The number of hydrogen-bond donors (Lipinski definition) is 2. The molecule has 0 saturated carbocycles. The molecule has 2 aromatic rings. The summed E-state index contributed by atoms with van der Waals surface area (Å²) < 4.78 is 4.48. The Bertz CT molecular complexity index is 489. The largest absolute Gasteiger partial charge is 0.467 e. The van der Waals surface area contributed by atoms with Gasteiger partial charge in [-0.05, 0) is 6.07 Å². The second kappa shape index (κ2) is 3.74. The van der Waals surface area contributed by atoms with E-state index in [-0.39, 0.29) is 0 Å². The number of aromatic amines is 1. The SMILES string of the molecule is COC(=O)C(O)c1c[nH]c2ccccc12. The van der Waals surface area contributed by atoms with Gasteiger partial charge < -0.3 is 14.8 Å². The number of H-pyrrole nitrogens is 1. The van der Waals surface area contributed by atoms with Gasteiger partial charge in [0.2, 0.25) is 0 Å². The number of nitrogens with one attached hydrogen (secondary N) is 1. The maximum Gasteiger partial charge on any atom is 0.339 e. The van der Waals surface area contributed by atoms with Crippen molar-refractivity contribution in [3.8, 4) is 0 Å². The molecule has 2 N–H and O–H groups in total. The molecule has 0 aliphatic heterocycles. The third-order valence-electron chi connectivity index (χ3n) is 2.34. The lowest BCUT2D eigenvalue weighted by Gasteiger charge is -2.06. The van der Waals surface area contributed by atoms with Gasteiger partial charge in [0.1, 0.15) is 0 Å². The Hall–Kier alpha value is -1.81. The number of aliphatic hydroxyl groups is 1. The molecule has 1 aromatic carbocycles. The lowest BCUT2D eigenvalue weighted by atomic mass is 10.1. The van der Waals surface area contributed by atoms with Crippen LogP contribution in [0.25, 0.3) is 10.9 Å². The van der Waals surface area contributed by atoms with Gasteiger partial charge in [-0.3, -0.25) is 0 Å². The van der Waals surface area contributed by atoms with Crippen molar-refractivity contribution in [2.75, 3.05) is 7.11 Å². The Labute approximate surface area is 86.5 Å².